The molecule has 0 spiro atoms. The van der Waals surface area contributed by atoms with E-state index in [9.17, 15) is 4.79 Å². The van der Waals surface area contributed by atoms with Crippen molar-refractivity contribution < 1.29 is 9.53 Å². The maximum absolute atomic E-state index is 12.8. The van der Waals surface area contributed by atoms with Gasteiger partial charge in [0.15, 0.2) is 0 Å². The molecule has 1 aromatic rings. The fraction of sp³-hybridized carbons (Fsp3) is 0.650. The normalized spacial score (nSPS) is 39.5. The molecule has 4 aliphatic heterocycles. The Hall–Kier alpha value is -1.55. The molecule has 3 fully saturated rings. The van der Waals surface area contributed by atoms with Crippen LogP contribution in [0.4, 0.5) is 5.69 Å². The maximum atomic E-state index is 12.8. The van der Waals surface area contributed by atoms with Crippen molar-refractivity contribution >= 4 is 11.7 Å². The standard InChI is InChI=1S/C20H26N2O2/c1-3-12-11-21-9-8-14-13-6-4-5-7-16(13)22-18(14)17(21)10-15(12)19(22)20(23)24-2/h4-7,12,14-15,17-19H,3,8-11H2,1-2H3/t12-,14-,15+,17+,18+,19-/m1/s1. The number of nitrogens with zero attached hydrogens (tertiary/aromatic N) is 2. The van der Waals surface area contributed by atoms with Crippen LogP contribution in [0, 0.1) is 11.8 Å². The Labute approximate surface area is 143 Å². The molecule has 0 saturated carbocycles. The lowest BCUT2D eigenvalue weighted by molar-refractivity contribution is -0.148. The third kappa shape index (κ3) is 1.75. The van der Waals surface area contributed by atoms with E-state index in [0.717, 1.165) is 19.4 Å². The fourth-order valence-corrected chi connectivity index (χ4v) is 6.23. The molecular weight excluding hydrogens is 300 g/mol. The molecule has 128 valence electrons. The highest BCUT2D eigenvalue weighted by atomic mass is 16.5. The van der Waals surface area contributed by atoms with Gasteiger partial charge in [0.2, 0.25) is 0 Å². The van der Waals surface area contributed by atoms with Crippen LogP contribution < -0.4 is 4.90 Å². The highest BCUT2D eigenvalue weighted by Crippen LogP contribution is 2.55. The quantitative estimate of drug-likeness (QED) is 0.782. The largest absolute Gasteiger partial charge is 0.467 e. The molecule has 0 unspecified atom stereocenters. The van der Waals surface area contributed by atoms with Crippen LogP contribution in [0.15, 0.2) is 24.3 Å². The van der Waals surface area contributed by atoms with Gasteiger partial charge in [0.05, 0.1) is 13.2 Å². The third-order valence-corrected chi connectivity index (χ3v) is 7.20. The topological polar surface area (TPSA) is 32.8 Å². The average Bonchev–Trinajstić information content (AvgIpc) is 2.96. The van der Waals surface area contributed by atoms with E-state index in [-0.39, 0.29) is 12.0 Å². The summed E-state index contributed by atoms with van der Waals surface area (Å²) in [6.45, 7) is 4.64. The van der Waals surface area contributed by atoms with Crippen molar-refractivity contribution in [2.75, 3.05) is 25.1 Å². The van der Waals surface area contributed by atoms with Gasteiger partial charge in [-0.3, -0.25) is 4.90 Å². The Balaban J connectivity index is 1.68. The predicted octanol–water partition coefficient (Wildman–Crippen LogP) is 2.63. The summed E-state index contributed by atoms with van der Waals surface area (Å²) in [5.41, 5.74) is 2.74. The zero-order valence-corrected chi connectivity index (χ0v) is 14.5. The van der Waals surface area contributed by atoms with Gasteiger partial charge < -0.3 is 9.64 Å². The van der Waals surface area contributed by atoms with E-state index in [2.05, 4.69) is 41.0 Å². The maximum Gasteiger partial charge on any atom is 0.328 e. The molecule has 2 bridgehead atoms. The molecule has 3 saturated heterocycles. The molecule has 0 radical (unpaired) electrons. The van der Waals surface area contributed by atoms with Gasteiger partial charge in [-0.2, -0.15) is 0 Å². The van der Waals surface area contributed by atoms with E-state index in [1.165, 1.54) is 24.2 Å². The van der Waals surface area contributed by atoms with E-state index >= 15 is 0 Å². The first-order chi connectivity index (χ1) is 11.7. The molecule has 4 nitrogen and oxygen atoms in total. The number of benzene rings is 1. The first kappa shape index (κ1) is 14.8. The van der Waals surface area contributed by atoms with Crippen LogP contribution in [0.3, 0.4) is 0 Å². The van der Waals surface area contributed by atoms with E-state index in [0.29, 0.717) is 29.8 Å². The molecule has 0 aliphatic carbocycles. The van der Waals surface area contributed by atoms with E-state index in [4.69, 9.17) is 4.74 Å². The molecule has 6 atom stereocenters. The lowest BCUT2D eigenvalue weighted by Gasteiger charge is -2.59. The van der Waals surface area contributed by atoms with E-state index < -0.39 is 0 Å². The highest BCUT2D eigenvalue weighted by molar-refractivity contribution is 5.83. The van der Waals surface area contributed by atoms with Crippen LogP contribution in [0.25, 0.3) is 0 Å². The SMILES string of the molecule is CC[C@@H]1CN2CC[C@@H]3c4ccccc4N4[C@@H]3[C@@H]2C[C@@H]1[C@@H]4C(=O)OC. The van der Waals surface area contributed by atoms with Crippen molar-refractivity contribution in [3.8, 4) is 0 Å². The fourth-order valence-electron chi connectivity index (χ4n) is 6.23. The van der Waals surface area contributed by atoms with Gasteiger partial charge in [-0.1, -0.05) is 31.5 Å². The summed E-state index contributed by atoms with van der Waals surface area (Å²) < 4.78 is 5.28. The first-order valence-electron chi connectivity index (χ1n) is 9.43. The van der Waals surface area contributed by atoms with Crippen LogP contribution in [-0.4, -0.2) is 49.2 Å². The summed E-state index contributed by atoms with van der Waals surface area (Å²) in [6, 6.07) is 9.72. The zero-order valence-electron chi connectivity index (χ0n) is 14.5. The molecule has 1 aromatic carbocycles. The second-order valence-electron chi connectivity index (χ2n) is 7.95. The second-order valence-corrected chi connectivity index (χ2v) is 7.95. The summed E-state index contributed by atoms with van der Waals surface area (Å²) in [5, 5.41) is 0. The number of esters is 1. The number of methoxy groups -OCH3 is 1. The van der Waals surface area contributed by atoms with Crippen molar-refractivity contribution in [1.29, 1.82) is 0 Å². The first-order valence-corrected chi connectivity index (χ1v) is 9.43. The Bertz CT molecular complexity index is 675. The number of rotatable bonds is 2. The van der Waals surface area contributed by atoms with Crippen molar-refractivity contribution in [1.82, 2.24) is 4.90 Å². The third-order valence-electron chi connectivity index (χ3n) is 7.20. The van der Waals surface area contributed by atoms with Gasteiger partial charge in [-0.05, 0) is 42.9 Å². The summed E-state index contributed by atoms with van der Waals surface area (Å²) in [5.74, 6) is 1.56. The molecule has 0 N–H and O–H groups in total. The number of hydrogen-bond donors (Lipinski definition) is 0. The number of hydrogen-bond acceptors (Lipinski definition) is 4. The Kier molecular flexibility index (Phi) is 3.21. The minimum absolute atomic E-state index is 0.0358. The van der Waals surface area contributed by atoms with Crippen LogP contribution in [0.5, 0.6) is 0 Å². The second kappa shape index (κ2) is 5.22. The molecular formula is C20H26N2O2. The number of piperidine rings is 3. The van der Waals surface area contributed by atoms with Gasteiger partial charge in [0.1, 0.15) is 6.04 Å². The highest BCUT2D eigenvalue weighted by Gasteiger charge is 2.59. The summed E-state index contributed by atoms with van der Waals surface area (Å²) >= 11 is 0. The number of ether oxygens (including phenoxy) is 1. The molecule has 5 rings (SSSR count). The van der Waals surface area contributed by atoms with Gasteiger partial charge >= 0.3 is 5.97 Å². The number of fused-ring (bicyclic) bond motifs is 4. The lowest BCUT2D eigenvalue weighted by atomic mass is 9.67. The van der Waals surface area contributed by atoms with Gasteiger partial charge in [-0.15, -0.1) is 0 Å². The average molecular weight is 326 g/mol. The predicted molar refractivity (Wildman–Crippen MR) is 93.1 cm³/mol. The van der Waals surface area contributed by atoms with Crippen molar-refractivity contribution in [2.45, 2.75) is 50.2 Å². The smallest absolute Gasteiger partial charge is 0.328 e. The van der Waals surface area contributed by atoms with E-state index in [1.807, 2.05) is 0 Å². The van der Waals surface area contributed by atoms with Crippen molar-refractivity contribution in [3.05, 3.63) is 29.8 Å². The van der Waals surface area contributed by atoms with Crippen LogP contribution in [0.2, 0.25) is 0 Å². The van der Waals surface area contributed by atoms with Gasteiger partial charge in [0.25, 0.3) is 0 Å². The monoisotopic (exact) mass is 326 g/mol. The van der Waals surface area contributed by atoms with Gasteiger partial charge in [-0.25, -0.2) is 4.79 Å². The Morgan fingerprint density at radius 1 is 1.33 bits per heavy atom. The van der Waals surface area contributed by atoms with Crippen molar-refractivity contribution in [2.24, 2.45) is 11.8 Å². The lowest BCUT2D eigenvalue weighted by Crippen LogP contribution is -2.70. The minimum Gasteiger partial charge on any atom is -0.467 e. The molecule has 24 heavy (non-hydrogen) atoms. The summed E-state index contributed by atoms with van der Waals surface area (Å²) in [4.78, 5) is 18.0. The molecule has 0 amide bonds. The minimum atomic E-state index is -0.104. The van der Waals surface area contributed by atoms with Crippen LogP contribution in [-0.2, 0) is 9.53 Å². The van der Waals surface area contributed by atoms with Gasteiger partial charge in [0, 0.05) is 24.2 Å². The summed E-state index contributed by atoms with van der Waals surface area (Å²) in [6.07, 6.45) is 3.51. The number of carbonyl (C=O) groups excluding carboxylic acids is 1. The number of para-hydroxylation sites is 1. The van der Waals surface area contributed by atoms with Crippen LogP contribution in [0.1, 0.15) is 37.7 Å². The number of carbonyl (C=O) groups is 1. The molecule has 0 aromatic heterocycles. The molecule has 4 heteroatoms. The van der Waals surface area contributed by atoms with E-state index in [1.54, 1.807) is 7.11 Å². The number of anilines is 1. The Morgan fingerprint density at radius 3 is 2.96 bits per heavy atom. The summed E-state index contributed by atoms with van der Waals surface area (Å²) in [7, 11) is 1.55. The zero-order chi connectivity index (χ0) is 16.4. The molecule has 4 heterocycles. The van der Waals surface area contributed by atoms with Crippen LogP contribution >= 0.6 is 0 Å². The Morgan fingerprint density at radius 2 is 2.17 bits per heavy atom. The molecule has 4 aliphatic rings. The van der Waals surface area contributed by atoms with Crippen molar-refractivity contribution in [3.63, 3.8) is 0 Å².